The quantitative estimate of drug-likeness (QED) is 0.734. The molecule has 0 aliphatic heterocycles. The first-order valence-corrected chi connectivity index (χ1v) is 6.80. The van der Waals surface area contributed by atoms with Crippen LogP contribution in [0.2, 0.25) is 5.02 Å². The third-order valence-corrected chi connectivity index (χ3v) is 3.21. The highest BCUT2D eigenvalue weighted by Crippen LogP contribution is 2.31. The SMILES string of the molecule is Cn1cc(-c2nc(C(F)(F)F)cn2Cc2ncc(Cl)cn2)cn1. The van der Waals surface area contributed by atoms with Crippen LogP contribution >= 0.6 is 11.6 Å². The molecule has 0 saturated carbocycles. The van der Waals surface area contributed by atoms with E-state index >= 15 is 0 Å². The number of aromatic nitrogens is 6. The van der Waals surface area contributed by atoms with Gasteiger partial charge >= 0.3 is 6.18 Å². The fourth-order valence-electron chi connectivity index (χ4n) is 2.01. The first-order valence-electron chi connectivity index (χ1n) is 6.43. The molecule has 10 heteroatoms. The molecule has 0 saturated heterocycles. The molecule has 0 amide bonds. The van der Waals surface area contributed by atoms with E-state index in [1.807, 2.05) is 0 Å². The second kappa shape index (κ2) is 5.65. The number of halogens is 4. The maximum atomic E-state index is 12.9. The molecule has 3 heterocycles. The molecule has 0 atom stereocenters. The first-order chi connectivity index (χ1) is 10.8. The zero-order chi connectivity index (χ0) is 16.6. The average Bonchev–Trinajstić information content (AvgIpc) is 3.07. The van der Waals surface area contributed by atoms with Crippen LogP contribution in [0.4, 0.5) is 13.2 Å². The summed E-state index contributed by atoms with van der Waals surface area (Å²) in [6.45, 7) is 0.0322. The smallest absolute Gasteiger partial charge is 0.323 e. The van der Waals surface area contributed by atoms with Crippen LogP contribution in [-0.4, -0.2) is 29.3 Å². The third kappa shape index (κ3) is 3.34. The molecule has 23 heavy (non-hydrogen) atoms. The number of imidazole rings is 1. The summed E-state index contributed by atoms with van der Waals surface area (Å²) in [7, 11) is 1.67. The Bertz CT molecular complexity index is 821. The van der Waals surface area contributed by atoms with Crippen molar-refractivity contribution in [3.05, 3.63) is 47.5 Å². The molecule has 0 spiro atoms. The van der Waals surface area contributed by atoms with Gasteiger partial charge in [0.1, 0.15) is 11.6 Å². The van der Waals surface area contributed by atoms with Crippen LogP contribution in [0.1, 0.15) is 11.5 Å². The van der Waals surface area contributed by atoms with E-state index in [0.29, 0.717) is 16.4 Å². The van der Waals surface area contributed by atoms with Gasteiger partial charge < -0.3 is 4.57 Å². The predicted octanol–water partition coefficient (Wildman–Crippen LogP) is 2.79. The van der Waals surface area contributed by atoms with Crippen molar-refractivity contribution in [1.29, 1.82) is 0 Å². The minimum Gasteiger partial charge on any atom is -0.323 e. The largest absolute Gasteiger partial charge is 0.434 e. The van der Waals surface area contributed by atoms with Gasteiger partial charge in [-0.05, 0) is 0 Å². The highest BCUT2D eigenvalue weighted by molar-refractivity contribution is 6.30. The fourth-order valence-corrected chi connectivity index (χ4v) is 2.11. The first kappa shape index (κ1) is 15.5. The molecule has 0 fully saturated rings. The van der Waals surface area contributed by atoms with Crippen LogP contribution in [0.25, 0.3) is 11.4 Å². The van der Waals surface area contributed by atoms with Crippen LogP contribution in [0.5, 0.6) is 0 Å². The Morgan fingerprint density at radius 2 is 1.83 bits per heavy atom. The van der Waals surface area contributed by atoms with Crippen LogP contribution < -0.4 is 0 Å². The van der Waals surface area contributed by atoms with Gasteiger partial charge in [0.05, 0.1) is 23.3 Å². The second-order valence-electron chi connectivity index (χ2n) is 4.80. The minimum absolute atomic E-state index is 0.0322. The lowest BCUT2D eigenvalue weighted by atomic mass is 10.3. The maximum Gasteiger partial charge on any atom is 0.434 e. The van der Waals surface area contributed by atoms with E-state index in [1.54, 1.807) is 13.2 Å². The van der Waals surface area contributed by atoms with Crippen molar-refractivity contribution < 1.29 is 13.2 Å². The Kier molecular flexibility index (Phi) is 3.80. The van der Waals surface area contributed by atoms with E-state index in [0.717, 1.165) is 6.20 Å². The lowest BCUT2D eigenvalue weighted by Crippen LogP contribution is -2.06. The number of alkyl halides is 3. The van der Waals surface area contributed by atoms with E-state index in [-0.39, 0.29) is 12.4 Å². The lowest BCUT2D eigenvalue weighted by Gasteiger charge is -2.05. The van der Waals surface area contributed by atoms with Gasteiger partial charge in [0.15, 0.2) is 5.69 Å². The number of hydrogen-bond donors (Lipinski definition) is 0. The summed E-state index contributed by atoms with van der Waals surface area (Å²) >= 11 is 5.70. The molecule has 120 valence electrons. The Balaban J connectivity index is 2.03. The molecule has 3 aromatic rings. The van der Waals surface area contributed by atoms with Crippen molar-refractivity contribution in [3.63, 3.8) is 0 Å². The molecule has 0 unspecified atom stereocenters. The van der Waals surface area contributed by atoms with Crippen molar-refractivity contribution in [2.75, 3.05) is 0 Å². The summed E-state index contributed by atoms with van der Waals surface area (Å²) in [5, 5.41) is 4.31. The standard InChI is InChI=1S/C13H10ClF3N6/c1-22-5-8(2-20-22)12-21-10(13(15,16)17)6-23(12)7-11-18-3-9(14)4-19-11/h2-6H,7H2,1H3. The second-order valence-corrected chi connectivity index (χ2v) is 5.23. The molecule has 6 nitrogen and oxygen atoms in total. The van der Waals surface area contributed by atoms with Crippen molar-refractivity contribution in [3.8, 4) is 11.4 Å². The molecule has 0 N–H and O–H groups in total. The minimum atomic E-state index is -4.54. The molecule has 0 radical (unpaired) electrons. The summed E-state index contributed by atoms with van der Waals surface area (Å²) in [6, 6.07) is 0. The zero-order valence-corrected chi connectivity index (χ0v) is 12.5. The van der Waals surface area contributed by atoms with Crippen LogP contribution in [-0.2, 0) is 19.8 Å². The summed E-state index contributed by atoms with van der Waals surface area (Å²) in [6.07, 6.45) is 2.19. The van der Waals surface area contributed by atoms with Gasteiger partial charge in [-0.1, -0.05) is 11.6 Å². The lowest BCUT2D eigenvalue weighted by molar-refractivity contribution is -0.140. The van der Waals surface area contributed by atoms with E-state index < -0.39 is 11.9 Å². The maximum absolute atomic E-state index is 12.9. The number of aryl methyl sites for hydroxylation is 1. The van der Waals surface area contributed by atoms with Crippen LogP contribution in [0.3, 0.4) is 0 Å². The molecular weight excluding hydrogens is 333 g/mol. The van der Waals surface area contributed by atoms with Gasteiger partial charge in [-0.15, -0.1) is 0 Å². The predicted molar refractivity (Wildman–Crippen MR) is 75.6 cm³/mol. The van der Waals surface area contributed by atoms with E-state index in [1.165, 1.54) is 27.8 Å². The summed E-state index contributed by atoms with van der Waals surface area (Å²) in [5.74, 6) is 0.467. The van der Waals surface area contributed by atoms with Crippen molar-refractivity contribution >= 4 is 11.6 Å². The highest BCUT2D eigenvalue weighted by Gasteiger charge is 2.35. The molecule has 0 aromatic carbocycles. The van der Waals surface area contributed by atoms with Crippen LogP contribution in [0, 0.1) is 0 Å². The van der Waals surface area contributed by atoms with E-state index in [4.69, 9.17) is 11.6 Å². The Hall–Kier alpha value is -2.42. The van der Waals surface area contributed by atoms with Gasteiger partial charge in [0.2, 0.25) is 0 Å². The Labute approximate surface area is 133 Å². The molecule has 3 aromatic heterocycles. The fraction of sp³-hybridized carbons (Fsp3) is 0.231. The van der Waals surface area contributed by atoms with Gasteiger partial charge in [0, 0.05) is 31.8 Å². The summed E-state index contributed by atoms with van der Waals surface area (Å²) < 4.78 is 41.7. The van der Waals surface area contributed by atoms with E-state index in [9.17, 15) is 13.2 Å². The number of rotatable bonds is 3. The topological polar surface area (TPSA) is 61.4 Å². The molecule has 0 aliphatic rings. The normalized spacial score (nSPS) is 11.9. The Morgan fingerprint density at radius 3 is 2.39 bits per heavy atom. The monoisotopic (exact) mass is 342 g/mol. The van der Waals surface area contributed by atoms with Gasteiger partial charge in [0.25, 0.3) is 0 Å². The highest BCUT2D eigenvalue weighted by atomic mass is 35.5. The summed E-state index contributed by atoms with van der Waals surface area (Å²) in [4.78, 5) is 11.7. The number of hydrogen-bond acceptors (Lipinski definition) is 4. The zero-order valence-electron chi connectivity index (χ0n) is 11.8. The number of nitrogens with zero attached hydrogens (tertiary/aromatic N) is 6. The van der Waals surface area contributed by atoms with Gasteiger partial charge in [-0.25, -0.2) is 15.0 Å². The average molecular weight is 343 g/mol. The van der Waals surface area contributed by atoms with Crippen molar-refractivity contribution in [2.45, 2.75) is 12.7 Å². The van der Waals surface area contributed by atoms with E-state index in [2.05, 4.69) is 20.1 Å². The summed E-state index contributed by atoms with van der Waals surface area (Å²) in [5.41, 5.74) is -0.512. The molecule has 0 bridgehead atoms. The van der Waals surface area contributed by atoms with Crippen molar-refractivity contribution in [2.24, 2.45) is 7.05 Å². The molecule has 3 rings (SSSR count). The van der Waals surface area contributed by atoms with Crippen molar-refractivity contribution in [1.82, 2.24) is 29.3 Å². The Morgan fingerprint density at radius 1 is 1.13 bits per heavy atom. The third-order valence-electron chi connectivity index (χ3n) is 3.02. The van der Waals surface area contributed by atoms with Crippen LogP contribution in [0.15, 0.2) is 31.0 Å². The molecular formula is C13H10ClF3N6. The molecule has 0 aliphatic carbocycles. The van der Waals surface area contributed by atoms with Gasteiger partial charge in [-0.2, -0.15) is 18.3 Å². The van der Waals surface area contributed by atoms with Gasteiger partial charge in [-0.3, -0.25) is 4.68 Å².